The van der Waals surface area contributed by atoms with Gasteiger partial charge >= 0.3 is 0 Å². The molecular weight excluding hydrogens is 194 g/mol. The lowest BCUT2D eigenvalue weighted by Crippen LogP contribution is -2.14. The van der Waals surface area contributed by atoms with Crippen LogP contribution in [-0.4, -0.2) is 11.4 Å². The van der Waals surface area contributed by atoms with Crippen LogP contribution in [0.3, 0.4) is 0 Å². The van der Waals surface area contributed by atoms with Crippen LogP contribution in [0.15, 0.2) is 54.9 Å². The zero-order valence-electron chi connectivity index (χ0n) is 9.90. The highest BCUT2D eigenvalue weighted by Crippen LogP contribution is 2.02. The second kappa shape index (κ2) is 6.53. The first-order valence-electron chi connectivity index (χ1n) is 5.34. The zero-order chi connectivity index (χ0) is 11.8. The summed E-state index contributed by atoms with van der Waals surface area (Å²) in [4.78, 5) is 2.02. The van der Waals surface area contributed by atoms with Crippen molar-refractivity contribution in [1.29, 1.82) is 0 Å². The van der Waals surface area contributed by atoms with Gasteiger partial charge in [-0.25, -0.2) is 0 Å². The Morgan fingerprint density at radius 1 is 1.38 bits per heavy atom. The minimum absolute atomic E-state index is 0.675. The van der Waals surface area contributed by atoms with Crippen molar-refractivity contribution in [2.24, 2.45) is 0 Å². The van der Waals surface area contributed by atoms with Gasteiger partial charge in [-0.15, -0.1) is 0 Å². The Labute approximate surface area is 98.1 Å². The maximum Gasteiger partial charge on any atom is 0.0837 e. The number of nitrogens with zero attached hydrogens (tertiary/aromatic N) is 1. The van der Waals surface area contributed by atoms with Gasteiger partial charge in [0.15, 0.2) is 0 Å². The van der Waals surface area contributed by atoms with Crippen LogP contribution >= 0.6 is 0 Å². The summed E-state index contributed by atoms with van der Waals surface area (Å²) in [7, 11) is 0. The van der Waals surface area contributed by atoms with Gasteiger partial charge in [0.05, 0.1) is 6.54 Å². The molecular formula is C15H17N. The van der Waals surface area contributed by atoms with E-state index in [0.29, 0.717) is 6.54 Å². The molecule has 1 heteroatoms. The SMILES string of the molecule is C=CN(CC#Cc1ccccc1)/C(C)=C\C. The summed E-state index contributed by atoms with van der Waals surface area (Å²) >= 11 is 0. The maximum absolute atomic E-state index is 3.77. The summed E-state index contributed by atoms with van der Waals surface area (Å²) in [5.41, 5.74) is 2.21. The van der Waals surface area contributed by atoms with Crippen molar-refractivity contribution >= 4 is 0 Å². The fraction of sp³-hybridized carbons (Fsp3) is 0.200. The van der Waals surface area contributed by atoms with Gasteiger partial charge in [0, 0.05) is 11.3 Å². The summed E-state index contributed by atoms with van der Waals surface area (Å²) in [6, 6.07) is 9.99. The van der Waals surface area contributed by atoms with Crippen LogP contribution in [0.1, 0.15) is 19.4 Å². The van der Waals surface area contributed by atoms with E-state index < -0.39 is 0 Å². The second-order valence-corrected chi connectivity index (χ2v) is 3.41. The predicted molar refractivity (Wildman–Crippen MR) is 69.7 cm³/mol. The molecule has 1 aromatic rings. The molecule has 1 nitrogen and oxygen atoms in total. The van der Waals surface area contributed by atoms with Crippen molar-refractivity contribution in [2.75, 3.05) is 6.54 Å². The predicted octanol–water partition coefficient (Wildman–Crippen LogP) is 3.41. The number of benzene rings is 1. The number of hydrogen-bond acceptors (Lipinski definition) is 1. The summed E-state index contributed by atoms with van der Waals surface area (Å²) in [6.07, 6.45) is 3.85. The van der Waals surface area contributed by atoms with Crippen LogP contribution in [0.4, 0.5) is 0 Å². The average molecular weight is 211 g/mol. The molecule has 0 fully saturated rings. The van der Waals surface area contributed by atoms with Crippen LogP contribution < -0.4 is 0 Å². The molecule has 0 N–H and O–H groups in total. The lowest BCUT2D eigenvalue weighted by molar-refractivity contribution is 0.526. The van der Waals surface area contributed by atoms with E-state index in [-0.39, 0.29) is 0 Å². The lowest BCUT2D eigenvalue weighted by Gasteiger charge is -2.16. The van der Waals surface area contributed by atoms with Crippen molar-refractivity contribution in [3.05, 3.63) is 60.4 Å². The third-order valence-electron chi connectivity index (χ3n) is 2.35. The van der Waals surface area contributed by atoms with E-state index in [4.69, 9.17) is 0 Å². The number of allylic oxidation sites excluding steroid dienone is 2. The summed E-state index contributed by atoms with van der Waals surface area (Å²) in [6.45, 7) is 8.51. The van der Waals surface area contributed by atoms with Crippen molar-refractivity contribution in [3.8, 4) is 11.8 Å². The molecule has 82 valence electrons. The van der Waals surface area contributed by atoms with E-state index in [1.807, 2.05) is 55.2 Å². The summed E-state index contributed by atoms with van der Waals surface area (Å²) < 4.78 is 0. The molecule has 16 heavy (non-hydrogen) atoms. The highest BCUT2D eigenvalue weighted by molar-refractivity contribution is 5.34. The Morgan fingerprint density at radius 2 is 2.06 bits per heavy atom. The average Bonchev–Trinajstić information content (AvgIpc) is 2.35. The van der Waals surface area contributed by atoms with E-state index in [2.05, 4.69) is 18.4 Å². The molecule has 1 rings (SSSR count). The molecule has 0 radical (unpaired) electrons. The van der Waals surface area contributed by atoms with E-state index in [9.17, 15) is 0 Å². The largest absolute Gasteiger partial charge is 0.341 e. The zero-order valence-corrected chi connectivity index (χ0v) is 9.90. The summed E-state index contributed by atoms with van der Waals surface area (Å²) in [5, 5.41) is 0. The van der Waals surface area contributed by atoms with E-state index in [1.54, 1.807) is 6.20 Å². The van der Waals surface area contributed by atoms with Gasteiger partial charge in [-0.1, -0.05) is 42.7 Å². The fourth-order valence-electron chi connectivity index (χ4n) is 1.25. The minimum atomic E-state index is 0.675. The van der Waals surface area contributed by atoms with Crippen LogP contribution in [0, 0.1) is 11.8 Å². The molecule has 0 amide bonds. The monoisotopic (exact) mass is 211 g/mol. The van der Waals surface area contributed by atoms with Gasteiger partial charge in [0.25, 0.3) is 0 Å². The quantitative estimate of drug-likeness (QED) is 0.692. The molecule has 0 aromatic heterocycles. The second-order valence-electron chi connectivity index (χ2n) is 3.41. The molecule has 0 heterocycles. The van der Waals surface area contributed by atoms with E-state index in [0.717, 1.165) is 11.3 Å². The maximum atomic E-state index is 3.77. The van der Waals surface area contributed by atoms with Gasteiger partial charge in [-0.2, -0.15) is 0 Å². The van der Waals surface area contributed by atoms with Gasteiger partial charge < -0.3 is 4.90 Å². The molecule has 0 atom stereocenters. The molecule has 0 aliphatic rings. The van der Waals surface area contributed by atoms with Gasteiger partial charge in [0.1, 0.15) is 0 Å². The smallest absolute Gasteiger partial charge is 0.0837 e. The molecule has 0 aliphatic heterocycles. The normalized spacial score (nSPS) is 10.2. The van der Waals surface area contributed by atoms with Gasteiger partial charge in [-0.05, 0) is 32.2 Å². The fourth-order valence-corrected chi connectivity index (χ4v) is 1.25. The Morgan fingerprint density at radius 3 is 2.62 bits per heavy atom. The topological polar surface area (TPSA) is 3.24 Å². The van der Waals surface area contributed by atoms with Crippen molar-refractivity contribution in [1.82, 2.24) is 4.90 Å². The van der Waals surface area contributed by atoms with Crippen LogP contribution in [0.5, 0.6) is 0 Å². The van der Waals surface area contributed by atoms with E-state index >= 15 is 0 Å². The lowest BCUT2D eigenvalue weighted by atomic mass is 10.2. The first kappa shape index (κ1) is 12.1. The molecule has 0 unspecified atom stereocenters. The molecule has 0 spiro atoms. The van der Waals surface area contributed by atoms with Crippen molar-refractivity contribution < 1.29 is 0 Å². The van der Waals surface area contributed by atoms with Crippen LogP contribution in [0.25, 0.3) is 0 Å². The van der Waals surface area contributed by atoms with E-state index in [1.165, 1.54) is 0 Å². The first-order chi connectivity index (χ1) is 7.77. The first-order valence-corrected chi connectivity index (χ1v) is 5.34. The molecule has 0 aliphatic carbocycles. The van der Waals surface area contributed by atoms with Crippen LogP contribution in [-0.2, 0) is 0 Å². The number of hydrogen-bond donors (Lipinski definition) is 0. The molecule has 0 bridgehead atoms. The van der Waals surface area contributed by atoms with Gasteiger partial charge in [-0.3, -0.25) is 0 Å². The highest BCUT2D eigenvalue weighted by Gasteiger charge is 1.95. The Kier molecular flexibility index (Phi) is 4.95. The molecule has 0 saturated carbocycles. The van der Waals surface area contributed by atoms with Crippen molar-refractivity contribution in [3.63, 3.8) is 0 Å². The highest BCUT2D eigenvalue weighted by atomic mass is 15.1. The molecule has 0 saturated heterocycles. The van der Waals surface area contributed by atoms with Crippen molar-refractivity contribution in [2.45, 2.75) is 13.8 Å². The Balaban J connectivity index is 2.64. The third kappa shape index (κ3) is 3.67. The third-order valence-corrected chi connectivity index (χ3v) is 2.35. The summed E-state index contributed by atoms with van der Waals surface area (Å²) in [5.74, 6) is 6.25. The number of rotatable bonds is 3. The van der Waals surface area contributed by atoms with Gasteiger partial charge in [0.2, 0.25) is 0 Å². The standard InChI is InChI=1S/C15H17N/c1-4-14(3)16(5-2)13-9-12-15-10-7-6-8-11-15/h4-8,10-11H,2,13H2,1,3H3/b14-4-. The minimum Gasteiger partial charge on any atom is -0.341 e. The molecule has 1 aromatic carbocycles. The Bertz CT molecular complexity index is 418. The van der Waals surface area contributed by atoms with Crippen LogP contribution in [0.2, 0.25) is 0 Å². The Hall–Kier alpha value is -1.94.